The van der Waals surface area contributed by atoms with Crippen LogP contribution >= 0.6 is 0 Å². The van der Waals surface area contributed by atoms with E-state index in [9.17, 15) is 0 Å². The quantitative estimate of drug-likeness (QED) is 0.757. The number of benzene rings is 1. The Bertz CT molecular complexity index is 383. The van der Waals surface area contributed by atoms with Gasteiger partial charge in [-0.25, -0.2) is 0 Å². The second-order valence-electron chi connectivity index (χ2n) is 6.63. The number of rotatable bonds is 4. The molecule has 0 aliphatic heterocycles. The Hall–Kier alpha value is -0.820. The topological polar surface area (TPSA) is 9.23 Å². The van der Waals surface area contributed by atoms with Crippen LogP contribution in [0.3, 0.4) is 0 Å². The molecular formula is C18H28O. The first-order valence-electron chi connectivity index (χ1n) is 7.65. The third kappa shape index (κ3) is 3.60. The van der Waals surface area contributed by atoms with Gasteiger partial charge in [0.05, 0.1) is 5.60 Å². The van der Waals surface area contributed by atoms with E-state index >= 15 is 0 Å². The van der Waals surface area contributed by atoms with Gasteiger partial charge in [0.25, 0.3) is 0 Å². The van der Waals surface area contributed by atoms with Gasteiger partial charge >= 0.3 is 0 Å². The minimum atomic E-state index is 0.0840. The van der Waals surface area contributed by atoms with E-state index in [0.717, 1.165) is 18.3 Å². The standard InChI is InChI=1S/C18H28O/c1-14(2)17-9-11-18(19-4,12-10-17)13-16-7-5-15(3)6-8-16/h5-8,14,17H,9-13H2,1-4H3. The van der Waals surface area contributed by atoms with Crippen LogP contribution in [0.25, 0.3) is 0 Å². The predicted octanol–water partition coefficient (Wildman–Crippen LogP) is 4.77. The number of hydrogen-bond donors (Lipinski definition) is 0. The molecule has 0 N–H and O–H groups in total. The second kappa shape index (κ2) is 6.09. The van der Waals surface area contributed by atoms with Gasteiger partial charge in [-0.05, 0) is 50.0 Å². The lowest BCUT2D eigenvalue weighted by molar-refractivity contribution is -0.0525. The van der Waals surface area contributed by atoms with Crippen molar-refractivity contribution in [3.63, 3.8) is 0 Å². The molecule has 0 heterocycles. The minimum Gasteiger partial charge on any atom is -0.378 e. The maximum absolute atomic E-state index is 5.94. The first-order valence-corrected chi connectivity index (χ1v) is 7.65. The second-order valence-corrected chi connectivity index (χ2v) is 6.63. The van der Waals surface area contributed by atoms with E-state index in [1.807, 2.05) is 7.11 Å². The molecule has 1 aromatic rings. The van der Waals surface area contributed by atoms with E-state index in [0.29, 0.717) is 0 Å². The van der Waals surface area contributed by atoms with Gasteiger partial charge in [0, 0.05) is 13.5 Å². The summed E-state index contributed by atoms with van der Waals surface area (Å²) >= 11 is 0. The molecule has 1 aliphatic carbocycles. The molecule has 0 atom stereocenters. The lowest BCUT2D eigenvalue weighted by atomic mass is 9.72. The van der Waals surface area contributed by atoms with E-state index in [2.05, 4.69) is 45.0 Å². The van der Waals surface area contributed by atoms with Crippen LogP contribution in [0.1, 0.15) is 50.7 Å². The molecule has 1 aliphatic rings. The highest BCUT2D eigenvalue weighted by Gasteiger charge is 2.36. The molecule has 19 heavy (non-hydrogen) atoms. The SMILES string of the molecule is COC1(Cc2ccc(C)cc2)CCC(C(C)C)CC1. The van der Waals surface area contributed by atoms with Crippen LogP contribution in [0, 0.1) is 18.8 Å². The predicted molar refractivity (Wildman–Crippen MR) is 81.4 cm³/mol. The zero-order chi connectivity index (χ0) is 13.9. The Balaban J connectivity index is 2.02. The summed E-state index contributed by atoms with van der Waals surface area (Å²) in [6, 6.07) is 8.92. The Morgan fingerprint density at radius 3 is 2.21 bits per heavy atom. The lowest BCUT2D eigenvalue weighted by Gasteiger charge is -2.40. The molecule has 106 valence electrons. The zero-order valence-electron chi connectivity index (χ0n) is 12.9. The Kier molecular flexibility index (Phi) is 4.67. The summed E-state index contributed by atoms with van der Waals surface area (Å²) in [6.07, 6.45) is 6.11. The highest BCUT2D eigenvalue weighted by atomic mass is 16.5. The molecule has 0 spiro atoms. The fourth-order valence-electron chi connectivity index (χ4n) is 3.36. The summed E-state index contributed by atoms with van der Waals surface area (Å²) in [6.45, 7) is 6.85. The smallest absolute Gasteiger partial charge is 0.0719 e. The number of methoxy groups -OCH3 is 1. The van der Waals surface area contributed by atoms with Crippen LogP contribution in [0.2, 0.25) is 0 Å². The van der Waals surface area contributed by atoms with Crippen LogP contribution in [-0.2, 0) is 11.2 Å². The molecule has 0 unspecified atom stereocenters. The zero-order valence-corrected chi connectivity index (χ0v) is 12.9. The fraction of sp³-hybridized carbons (Fsp3) is 0.667. The van der Waals surface area contributed by atoms with Gasteiger partial charge < -0.3 is 4.74 Å². The van der Waals surface area contributed by atoms with Crippen molar-refractivity contribution in [3.8, 4) is 0 Å². The van der Waals surface area contributed by atoms with E-state index < -0.39 is 0 Å². The monoisotopic (exact) mass is 260 g/mol. The van der Waals surface area contributed by atoms with Crippen LogP contribution in [0.15, 0.2) is 24.3 Å². The normalized spacial score (nSPS) is 27.7. The average Bonchev–Trinajstić information content (AvgIpc) is 2.42. The lowest BCUT2D eigenvalue weighted by Crippen LogP contribution is -2.39. The van der Waals surface area contributed by atoms with Crippen molar-refractivity contribution in [2.24, 2.45) is 11.8 Å². The summed E-state index contributed by atoms with van der Waals surface area (Å²) in [5.41, 5.74) is 2.83. The highest BCUT2D eigenvalue weighted by molar-refractivity contribution is 5.23. The molecule has 1 fully saturated rings. The largest absolute Gasteiger partial charge is 0.378 e. The number of aryl methyl sites for hydroxylation is 1. The van der Waals surface area contributed by atoms with Crippen LogP contribution in [0.4, 0.5) is 0 Å². The number of ether oxygens (including phenoxy) is 1. The summed E-state index contributed by atoms with van der Waals surface area (Å²) in [5, 5.41) is 0. The Labute approximate surface area is 118 Å². The molecule has 0 bridgehead atoms. The van der Waals surface area contributed by atoms with E-state index in [-0.39, 0.29) is 5.60 Å². The average molecular weight is 260 g/mol. The van der Waals surface area contributed by atoms with Gasteiger partial charge in [-0.1, -0.05) is 43.7 Å². The third-order valence-electron chi connectivity index (χ3n) is 4.96. The molecule has 0 aromatic heterocycles. The van der Waals surface area contributed by atoms with Gasteiger partial charge in [0.15, 0.2) is 0 Å². The van der Waals surface area contributed by atoms with Crippen molar-refractivity contribution in [3.05, 3.63) is 35.4 Å². The Morgan fingerprint density at radius 2 is 1.74 bits per heavy atom. The fourth-order valence-corrected chi connectivity index (χ4v) is 3.36. The number of hydrogen-bond acceptors (Lipinski definition) is 1. The Morgan fingerprint density at radius 1 is 1.16 bits per heavy atom. The maximum Gasteiger partial charge on any atom is 0.0719 e. The molecule has 1 nitrogen and oxygen atoms in total. The summed E-state index contributed by atoms with van der Waals surface area (Å²) in [4.78, 5) is 0. The molecule has 0 saturated heterocycles. The third-order valence-corrected chi connectivity index (χ3v) is 4.96. The van der Waals surface area contributed by atoms with Crippen molar-refractivity contribution in [2.45, 2.75) is 58.5 Å². The van der Waals surface area contributed by atoms with E-state index in [1.54, 1.807) is 0 Å². The van der Waals surface area contributed by atoms with E-state index in [4.69, 9.17) is 4.74 Å². The first kappa shape index (κ1) is 14.6. The van der Waals surface area contributed by atoms with Gasteiger partial charge in [-0.3, -0.25) is 0 Å². The molecule has 1 aromatic carbocycles. The molecule has 2 rings (SSSR count). The van der Waals surface area contributed by atoms with Gasteiger partial charge in [0.1, 0.15) is 0 Å². The van der Waals surface area contributed by atoms with Gasteiger partial charge in [-0.2, -0.15) is 0 Å². The van der Waals surface area contributed by atoms with Crippen molar-refractivity contribution in [1.82, 2.24) is 0 Å². The van der Waals surface area contributed by atoms with Crippen LogP contribution in [0.5, 0.6) is 0 Å². The van der Waals surface area contributed by atoms with Crippen molar-refractivity contribution in [2.75, 3.05) is 7.11 Å². The van der Waals surface area contributed by atoms with Gasteiger partial charge in [-0.15, -0.1) is 0 Å². The minimum absolute atomic E-state index is 0.0840. The molecule has 0 radical (unpaired) electrons. The molecule has 1 saturated carbocycles. The summed E-state index contributed by atoms with van der Waals surface area (Å²) in [5.74, 6) is 1.70. The van der Waals surface area contributed by atoms with Crippen molar-refractivity contribution < 1.29 is 4.74 Å². The first-order chi connectivity index (χ1) is 9.04. The van der Waals surface area contributed by atoms with E-state index in [1.165, 1.54) is 36.8 Å². The summed E-state index contributed by atoms with van der Waals surface area (Å²) in [7, 11) is 1.89. The summed E-state index contributed by atoms with van der Waals surface area (Å²) < 4.78 is 5.94. The molecule has 1 heteroatoms. The van der Waals surface area contributed by atoms with Crippen LogP contribution < -0.4 is 0 Å². The maximum atomic E-state index is 5.94. The van der Waals surface area contributed by atoms with Gasteiger partial charge in [0.2, 0.25) is 0 Å². The van der Waals surface area contributed by atoms with Crippen molar-refractivity contribution in [1.29, 1.82) is 0 Å². The highest BCUT2D eigenvalue weighted by Crippen LogP contribution is 2.39. The van der Waals surface area contributed by atoms with Crippen LogP contribution in [-0.4, -0.2) is 12.7 Å². The molecular weight excluding hydrogens is 232 g/mol. The van der Waals surface area contributed by atoms with Crippen molar-refractivity contribution >= 4 is 0 Å². The molecule has 0 amide bonds.